The lowest BCUT2D eigenvalue weighted by Gasteiger charge is -2.15. The van der Waals surface area contributed by atoms with Crippen LogP contribution in [-0.2, 0) is 4.79 Å². The fourth-order valence-electron chi connectivity index (χ4n) is 3.12. The summed E-state index contributed by atoms with van der Waals surface area (Å²) in [6.45, 7) is 0. The van der Waals surface area contributed by atoms with Crippen LogP contribution in [0.25, 0.3) is 11.1 Å². The third kappa shape index (κ3) is 4.40. The van der Waals surface area contributed by atoms with Gasteiger partial charge in [-0.2, -0.15) is 0 Å². The zero-order valence-corrected chi connectivity index (χ0v) is 16.3. The third-order valence-electron chi connectivity index (χ3n) is 4.67. The molecule has 0 spiro atoms. The quantitative estimate of drug-likeness (QED) is 0.185. The molecule has 0 aliphatic heterocycles. The highest BCUT2D eigenvalue weighted by atomic mass is 16.3. The van der Waals surface area contributed by atoms with Gasteiger partial charge in [0.25, 0.3) is 0 Å². The van der Waals surface area contributed by atoms with Crippen molar-refractivity contribution in [3.05, 3.63) is 78.9 Å². The van der Waals surface area contributed by atoms with Gasteiger partial charge in [0.2, 0.25) is 0 Å². The van der Waals surface area contributed by atoms with Crippen molar-refractivity contribution in [3.8, 4) is 28.4 Å². The van der Waals surface area contributed by atoms with Gasteiger partial charge in [-0.1, -0.05) is 0 Å². The molecular formula is C24H19N3O4. The molecule has 0 atom stereocenters. The maximum Gasteiger partial charge on any atom is 0.178 e. The van der Waals surface area contributed by atoms with Gasteiger partial charge in [-0.05, 0) is 72.8 Å². The normalized spacial score (nSPS) is 12.8. The van der Waals surface area contributed by atoms with Crippen LogP contribution in [0, 0.1) is 0 Å². The molecule has 3 aromatic carbocycles. The molecule has 6 N–H and O–H groups in total. The van der Waals surface area contributed by atoms with Crippen molar-refractivity contribution in [2.45, 2.75) is 0 Å². The second kappa shape index (κ2) is 8.08. The molecule has 0 fully saturated rings. The van der Waals surface area contributed by atoms with E-state index in [1.807, 2.05) is 0 Å². The Morgan fingerprint density at radius 2 is 1.45 bits per heavy atom. The van der Waals surface area contributed by atoms with E-state index >= 15 is 0 Å². The minimum absolute atomic E-state index is 0.0342. The van der Waals surface area contributed by atoms with E-state index in [1.54, 1.807) is 36.4 Å². The van der Waals surface area contributed by atoms with Crippen molar-refractivity contribution in [2.75, 3.05) is 11.1 Å². The predicted molar refractivity (Wildman–Crippen MR) is 121 cm³/mol. The van der Waals surface area contributed by atoms with E-state index in [9.17, 15) is 20.1 Å². The number of nitrogens with one attached hydrogen (secondary N) is 1. The molecule has 0 saturated heterocycles. The SMILES string of the molecule is Nc1ccc(O)cc1-c1cc(Nc2ccc(O)cc2)c(O)cc1N=C1C=CC(=O)C=C1. The molecule has 0 bridgehead atoms. The maximum absolute atomic E-state index is 11.4. The summed E-state index contributed by atoms with van der Waals surface area (Å²) in [5.41, 5.74) is 9.65. The summed E-state index contributed by atoms with van der Waals surface area (Å²) in [5.74, 6) is -0.0318. The third-order valence-corrected chi connectivity index (χ3v) is 4.67. The van der Waals surface area contributed by atoms with E-state index in [1.165, 1.54) is 42.5 Å². The molecule has 0 amide bonds. The number of phenolic OH excluding ortho intramolecular Hbond substituents is 3. The molecule has 0 unspecified atom stereocenters. The summed E-state index contributed by atoms with van der Waals surface area (Å²) < 4.78 is 0. The van der Waals surface area contributed by atoms with Crippen LogP contribution in [-0.4, -0.2) is 26.8 Å². The molecule has 0 heterocycles. The zero-order valence-electron chi connectivity index (χ0n) is 16.3. The molecule has 1 aliphatic rings. The second-order valence-electron chi connectivity index (χ2n) is 6.94. The molecule has 1 aliphatic carbocycles. The molecule has 0 radical (unpaired) electrons. The van der Waals surface area contributed by atoms with Gasteiger partial charge >= 0.3 is 0 Å². The van der Waals surface area contributed by atoms with E-state index in [4.69, 9.17) is 5.73 Å². The van der Waals surface area contributed by atoms with Gasteiger partial charge in [0.15, 0.2) is 5.78 Å². The minimum atomic E-state index is -0.132. The number of rotatable bonds is 4. The summed E-state index contributed by atoms with van der Waals surface area (Å²) in [4.78, 5) is 15.9. The Kier molecular flexibility index (Phi) is 5.15. The van der Waals surface area contributed by atoms with E-state index in [-0.39, 0.29) is 23.0 Å². The standard InChI is InChI=1S/C24H19N3O4/c25-21-10-9-18(30)11-19(21)20-12-23(27-15-3-7-17(29)8-4-15)24(31)13-22(20)26-14-1-5-16(28)6-2-14/h1-13,27,29-31H,25H2. The fourth-order valence-corrected chi connectivity index (χ4v) is 3.12. The summed E-state index contributed by atoms with van der Waals surface area (Å²) >= 11 is 0. The van der Waals surface area contributed by atoms with Crippen molar-refractivity contribution < 1.29 is 20.1 Å². The fraction of sp³-hybridized carbons (Fsp3) is 0. The number of ketones is 1. The summed E-state index contributed by atoms with van der Waals surface area (Å²) in [7, 11) is 0. The van der Waals surface area contributed by atoms with Gasteiger partial charge < -0.3 is 26.4 Å². The number of carbonyl (C=O) groups excluding carboxylic acids is 1. The Bertz CT molecular complexity index is 1240. The first-order valence-electron chi connectivity index (χ1n) is 9.40. The number of hydrogen-bond donors (Lipinski definition) is 5. The lowest BCUT2D eigenvalue weighted by molar-refractivity contribution is -0.110. The van der Waals surface area contributed by atoms with E-state index < -0.39 is 0 Å². The van der Waals surface area contributed by atoms with Crippen LogP contribution >= 0.6 is 0 Å². The van der Waals surface area contributed by atoms with Crippen molar-refractivity contribution >= 4 is 34.2 Å². The second-order valence-corrected chi connectivity index (χ2v) is 6.94. The topological polar surface area (TPSA) is 128 Å². The molecule has 3 aromatic rings. The molecule has 0 saturated carbocycles. The Morgan fingerprint density at radius 1 is 0.774 bits per heavy atom. The lowest BCUT2D eigenvalue weighted by atomic mass is 9.99. The van der Waals surface area contributed by atoms with Crippen molar-refractivity contribution in [1.29, 1.82) is 0 Å². The van der Waals surface area contributed by atoms with Crippen LogP contribution in [0.2, 0.25) is 0 Å². The van der Waals surface area contributed by atoms with Gasteiger partial charge in [-0.15, -0.1) is 0 Å². The predicted octanol–water partition coefficient (Wildman–Crippen LogP) is 4.56. The number of anilines is 3. The lowest BCUT2D eigenvalue weighted by Crippen LogP contribution is -1.99. The highest BCUT2D eigenvalue weighted by Crippen LogP contribution is 2.42. The first-order valence-corrected chi connectivity index (χ1v) is 9.40. The van der Waals surface area contributed by atoms with Crippen LogP contribution in [0.4, 0.5) is 22.7 Å². The van der Waals surface area contributed by atoms with Crippen LogP contribution in [0.3, 0.4) is 0 Å². The summed E-state index contributed by atoms with van der Waals surface area (Å²) in [6, 6.07) is 14.1. The maximum atomic E-state index is 11.4. The minimum Gasteiger partial charge on any atom is -0.508 e. The number of hydrogen-bond acceptors (Lipinski definition) is 7. The highest BCUT2D eigenvalue weighted by Gasteiger charge is 2.15. The van der Waals surface area contributed by atoms with Gasteiger partial charge in [0.1, 0.15) is 17.2 Å². The van der Waals surface area contributed by atoms with Gasteiger partial charge in [-0.25, -0.2) is 4.99 Å². The number of allylic oxidation sites excluding steroid dienone is 4. The molecule has 154 valence electrons. The number of nitrogen functional groups attached to an aromatic ring is 1. The van der Waals surface area contributed by atoms with Crippen LogP contribution in [0.1, 0.15) is 0 Å². The monoisotopic (exact) mass is 413 g/mol. The average Bonchev–Trinajstić information content (AvgIpc) is 2.75. The Labute approximate surface area is 178 Å². The highest BCUT2D eigenvalue weighted by molar-refractivity contribution is 6.17. The molecule has 7 heteroatoms. The Hall–Kier alpha value is -4.52. The average molecular weight is 413 g/mol. The van der Waals surface area contributed by atoms with Gasteiger partial charge in [-0.3, -0.25) is 4.79 Å². The van der Waals surface area contributed by atoms with Crippen molar-refractivity contribution in [3.63, 3.8) is 0 Å². The first-order chi connectivity index (χ1) is 14.9. The van der Waals surface area contributed by atoms with Crippen molar-refractivity contribution in [2.24, 2.45) is 4.99 Å². The molecular weight excluding hydrogens is 394 g/mol. The summed E-state index contributed by atoms with van der Waals surface area (Å²) in [6.07, 6.45) is 5.97. The number of carbonyl (C=O) groups is 1. The van der Waals surface area contributed by atoms with E-state index in [2.05, 4.69) is 10.3 Å². The molecule has 4 rings (SSSR count). The van der Waals surface area contributed by atoms with Crippen LogP contribution in [0.5, 0.6) is 17.2 Å². The Balaban J connectivity index is 1.85. The largest absolute Gasteiger partial charge is 0.508 e. The van der Waals surface area contributed by atoms with E-state index in [0.717, 1.165) is 0 Å². The number of nitrogens with zero attached hydrogens (tertiary/aromatic N) is 1. The smallest absolute Gasteiger partial charge is 0.178 e. The number of aromatic hydroxyl groups is 3. The number of nitrogens with two attached hydrogens (primary N) is 1. The van der Waals surface area contributed by atoms with Gasteiger partial charge in [0, 0.05) is 28.6 Å². The molecule has 0 aromatic heterocycles. The zero-order chi connectivity index (χ0) is 22.0. The van der Waals surface area contributed by atoms with Crippen molar-refractivity contribution in [1.82, 2.24) is 0 Å². The number of phenols is 3. The van der Waals surface area contributed by atoms with Crippen LogP contribution < -0.4 is 11.1 Å². The van der Waals surface area contributed by atoms with Gasteiger partial charge in [0.05, 0.1) is 17.1 Å². The number of aliphatic imine (C=N–C) groups is 1. The molecule has 7 nitrogen and oxygen atoms in total. The number of benzene rings is 3. The molecule has 31 heavy (non-hydrogen) atoms. The Morgan fingerprint density at radius 3 is 2.16 bits per heavy atom. The summed E-state index contributed by atoms with van der Waals surface area (Å²) in [5, 5.41) is 33.2. The van der Waals surface area contributed by atoms with Crippen LogP contribution in [0.15, 0.2) is 83.9 Å². The van der Waals surface area contributed by atoms with E-state index in [0.29, 0.717) is 39.6 Å². The first kappa shape index (κ1) is 19.8.